The van der Waals surface area contributed by atoms with Gasteiger partial charge in [0.05, 0.1) is 24.7 Å². The van der Waals surface area contributed by atoms with Crippen molar-refractivity contribution in [1.29, 1.82) is 0 Å². The number of phenols is 1. The zero-order valence-corrected chi connectivity index (χ0v) is 14.5. The number of hydrogen-bond acceptors (Lipinski definition) is 5. The highest BCUT2D eigenvalue weighted by molar-refractivity contribution is 6.01. The minimum atomic E-state index is -0.415. The van der Waals surface area contributed by atoms with E-state index in [4.69, 9.17) is 9.47 Å². The van der Waals surface area contributed by atoms with E-state index < -0.39 is 5.97 Å². The van der Waals surface area contributed by atoms with Crippen molar-refractivity contribution in [2.24, 2.45) is 0 Å². The lowest BCUT2D eigenvalue weighted by Crippen LogP contribution is -2.20. The first-order valence-corrected chi connectivity index (χ1v) is 8.76. The standard InChI is InChI=1S/C19H26O5/c1-3-15-8-6-5-7-9-16(21)19-13(11-18(22)23-4-2)10-14(20)12-17(19)24-15/h10,12,15,20H,3-9,11H2,1-2H3. The number of Topliss-reactive ketones (excluding diaryl/α,β-unsaturated/α-hetero) is 1. The molecule has 1 aromatic carbocycles. The van der Waals surface area contributed by atoms with Gasteiger partial charge in [-0.25, -0.2) is 0 Å². The van der Waals surface area contributed by atoms with Crippen LogP contribution in [0.15, 0.2) is 12.1 Å². The monoisotopic (exact) mass is 334 g/mol. The third-order valence-electron chi connectivity index (χ3n) is 4.27. The molecule has 0 saturated heterocycles. The molecule has 0 aromatic heterocycles. The fraction of sp³-hybridized carbons (Fsp3) is 0.579. The van der Waals surface area contributed by atoms with Gasteiger partial charge in [-0.15, -0.1) is 0 Å². The molecule has 2 rings (SSSR count). The van der Waals surface area contributed by atoms with Crippen molar-refractivity contribution in [2.75, 3.05) is 6.61 Å². The Bertz CT molecular complexity index is 594. The second-order valence-corrected chi connectivity index (χ2v) is 6.13. The molecule has 1 unspecified atom stereocenters. The van der Waals surface area contributed by atoms with Crippen LogP contribution in [0.1, 0.15) is 68.3 Å². The van der Waals surface area contributed by atoms with E-state index in [9.17, 15) is 14.7 Å². The molecule has 0 radical (unpaired) electrons. The maximum Gasteiger partial charge on any atom is 0.310 e. The van der Waals surface area contributed by atoms with Gasteiger partial charge in [0.15, 0.2) is 5.78 Å². The molecule has 0 amide bonds. The number of carbonyl (C=O) groups excluding carboxylic acids is 2. The predicted octanol–water partition coefficient (Wildman–Crippen LogP) is 3.80. The molecule has 132 valence electrons. The Labute approximate surface area is 143 Å². The van der Waals surface area contributed by atoms with Gasteiger partial charge in [0.25, 0.3) is 0 Å². The van der Waals surface area contributed by atoms with E-state index >= 15 is 0 Å². The Balaban J connectivity index is 2.43. The van der Waals surface area contributed by atoms with Gasteiger partial charge in [0, 0.05) is 12.5 Å². The Morgan fingerprint density at radius 3 is 2.79 bits per heavy atom. The first kappa shape index (κ1) is 18.3. The van der Waals surface area contributed by atoms with Crippen molar-refractivity contribution in [2.45, 2.75) is 64.9 Å². The minimum absolute atomic E-state index is 0.00638. The number of rotatable bonds is 4. The lowest BCUT2D eigenvalue weighted by atomic mass is 9.94. The van der Waals surface area contributed by atoms with E-state index in [1.165, 1.54) is 12.1 Å². The Morgan fingerprint density at radius 2 is 2.08 bits per heavy atom. The van der Waals surface area contributed by atoms with Gasteiger partial charge in [0.1, 0.15) is 11.5 Å². The SMILES string of the molecule is CCOC(=O)Cc1cc(O)cc2c1C(=O)CCCCCC(CC)O2. The van der Waals surface area contributed by atoms with Gasteiger partial charge >= 0.3 is 5.97 Å². The number of carbonyl (C=O) groups is 2. The Morgan fingerprint density at radius 1 is 1.29 bits per heavy atom. The van der Waals surface area contributed by atoms with Crippen molar-refractivity contribution in [1.82, 2.24) is 0 Å². The quantitative estimate of drug-likeness (QED) is 0.848. The summed E-state index contributed by atoms with van der Waals surface area (Å²) >= 11 is 0. The van der Waals surface area contributed by atoms with Crippen LogP contribution in [0, 0.1) is 0 Å². The second kappa shape index (κ2) is 8.71. The number of benzene rings is 1. The molecule has 0 saturated carbocycles. The zero-order chi connectivity index (χ0) is 17.5. The molecule has 0 bridgehead atoms. The molecule has 1 aliphatic rings. The molecule has 24 heavy (non-hydrogen) atoms. The molecule has 1 N–H and O–H groups in total. The van der Waals surface area contributed by atoms with E-state index in [0.717, 1.165) is 32.1 Å². The number of phenolic OH excluding ortho intramolecular Hbond substituents is 1. The van der Waals surface area contributed by atoms with Crippen LogP contribution in [0.5, 0.6) is 11.5 Å². The van der Waals surface area contributed by atoms with Crippen LogP contribution in [0.25, 0.3) is 0 Å². The summed E-state index contributed by atoms with van der Waals surface area (Å²) in [6.07, 6.45) is 4.98. The third-order valence-corrected chi connectivity index (χ3v) is 4.27. The summed E-state index contributed by atoms with van der Waals surface area (Å²) in [6, 6.07) is 2.94. The number of aromatic hydroxyl groups is 1. The number of hydrogen-bond donors (Lipinski definition) is 1. The van der Waals surface area contributed by atoms with Crippen LogP contribution in [0.2, 0.25) is 0 Å². The van der Waals surface area contributed by atoms with Gasteiger partial charge in [-0.3, -0.25) is 9.59 Å². The fourth-order valence-electron chi connectivity index (χ4n) is 3.06. The molecular formula is C19H26O5. The van der Waals surface area contributed by atoms with Crippen molar-refractivity contribution in [3.05, 3.63) is 23.3 Å². The third kappa shape index (κ3) is 4.73. The Kier molecular flexibility index (Phi) is 6.64. The molecule has 0 spiro atoms. The molecule has 1 atom stereocenters. The van der Waals surface area contributed by atoms with Crippen molar-refractivity contribution >= 4 is 11.8 Å². The highest BCUT2D eigenvalue weighted by Gasteiger charge is 2.23. The van der Waals surface area contributed by atoms with Crippen molar-refractivity contribution < 1.29 is 24.2 Å². The second-order valence-electron chi connectivity index (χ2n) is 6.13. The minimum Gasteiger partial charge on any atom is -0.508 e. The average Bonchev–Trinajstić information content (AvgIpc) is 2.52. The van der Waals surface area contributed by atoms with E-state index in [2.05, 4.69) is 0 Å². The normalized spacial score (nSPS) is 18.4. The topological polar surface area (TPSA) is 72.8 Å². The fourth-order valence-corrected chi connectivity index (χ4v) is 3.06. The van der Waals surface area contributed by atoms with Gasteiger partial charge < -0.3 is 14.6 Å². The maximum absolute atomic E-state index is 12.7. The zero-order valence-electron chi connectivity index (χ0n) is 14.5. The molecule has 1 heterocycles. The molecule has 1 aromatic rings. The van der Waals surface area contributed by atoms with E-state index in [1.807, 2.05) is 6.92 Å². The maximum atomic E-state index is 12.7. The van der Waals surface area contributed by atoms with Gasteiger partial charge in [-0.05, 0) is 44.2 Å². The summed E-state index contributed by atoms with van der Waals surface area (Å²) < 4.78 is 11.0. The van der Waals surface area contributed by atoms with Crippen LogP contribution in [-0.4, -0.2) is 29.6 Å². The summed E-state index contributed by atoms with van der Waals surface area (Å²) in [4.78, 5) is 24.5. The van der Waals surface area contributed by atoms with Gasteiger partial charge in [-0.1, -0.05) is 13.3 Å². The predicted molar refractivity (Wildman–Crippen MR) is 90.6 cm³/mol. The molecule has 0 aliphatic carbocycles. The summed E-state index contributed by atoms with van der Waals surface area (Å²) in [5, 5.41) is 10.0. The van der Waals surface area contributed by atoms with Crippen LogP contribution in [0.3, 0.4) is 0 Å². The molecular weight excluding hydrogens is 308 g/mol. The lowest BCUT2D eigenvalue weighted by molar-refractivity contribution is -0.142. The molecule has 0 fully saturated rings. The van der Waals surface area contributed by atoms with Crippen molar-refractivity contribution in [3.63, 3.8) is 0 Å². The van der Waals surface area contributed by atoms with E-state index in [-0.39, 0.29) is 30.7 Å². The first-order chi connectivity index (χ1) is 11.5. The highest BCUT2D eigenvalue weighted by Crippen LogP contribution is 2.33. The lowest BCUT2D eigenvalue weighted by Gasteiger charge is -2.22. The first-order valence-electron chi connectivity index (χ1n) is 8.76. The summed E-state index contributed by atoms with van der Waals surface area (Å²) in [7, 11) is 0. The smallest absolute Gasteiger partial charge is 0.310 e. The summed E-state index contributed by atoms with van der Waals surface area (Å²) in [5.41, 5.74) is 0.894. The van der Waals surface area contributed by atoms with Crippen LogP contribution in [0.4, 0.5) is 0 Å². The van der Waals surface area contributed by atoms with Gasteiger partial charge in [0.2, 0.25) is 0 Å². The highest BCUT2D eigenvalue weighted by atomic mass is 16.5. The number of esters is 1. The van der Waals surface area contributed by atoms with E-state index in [0.29, 0.717) is 23.3 Å². The largest absolute Gasteiger partial charge is 0.508 e. The molecule has 5 heteroatoms. The average molecular weight is 334 g/mol. The van der Waals surface area contributed by atoms with Gasteiger partial charge in [-0.2, -0.15) is 0 Å². The van der Waals surface area contributed by atoms with Crippen LogP contribution < -0.4 is 4.74 Å². The summed E-state index contributed by atoms with van der Waals surface area (Å²) in [5.74, 6) is -0.0795. The van der Waals surface area contributed by atoms with Crippen LogP contribution in [-0.2, 0) is 16.0 Å². The Hall–Kier alpha value is -2.04. The number of ketones is 1. The number of fused-ring (bicyclic) bond motifs is 1. The van der Waals surface area contributed by atoms with Crippen molar-refractivity contribution in [3.8, 4) is 11.5 Å². The van der Waals surface area contributed by atoms with E-state index in [1.54, 1.807) is 6.92 Å². The molecule has 5 nitrogen and oxygen atoms in total. The summed E-state index contributed by atoms with van der Waals surface area (Å²) in [6.45, 7) is 4.06. The van der Waals surface area contributed by atoms with Crippen LogP contribution >= 0.6 is 0 Å². The molecule has 1 aliphatic heterocycles. The number of ether oxygens (including phenoxy) is 2.